The zero-order valence-corrected chi connectivity index (χ0v) is 24.1. The molecule has 0 spiro atoms. The first kappa shape index (κ1) is 28.1. The van der Waals surface area contributed by atoms with Gasteiger partial charge in [-0.25, -0.2) is 8.42 Å². The SMILES string of the molecule is COc1ccccc1OC[C@@H]1c2ccsc2CCN1C(=O)CN(CCC(C)C)S(=O)(=O)c1ccc(C)cc1. The van der Waals surface area contributed by atoms with Crippen molar-refractivity contribution in [3.8, 4) is 11.5 Å². The van der Waals surface area contributed by atoms with E-state index >= 15 is 0 Å². The van der Waals surface area contributed by atoms with Crippen LogP contribution in [0.25, 0.3) is 0 Å². The van der Waals surface area contributed by atoms with E-state index in [-0.39, 0.29) is 36.5 Å². The van der Waals surface area contributed by atoms with Crippen molar-refractivity contribution in [2.45, 2.75) is 44.6 Å². The molecule has 1 atom stereocenters. The average molecular weight is 557 g/mol. The molecule has 7 nitrogen and oxygen atoms in total. The first-order valence-electron chi connectivity index (χ1n) is 12.9. The highest BCUT2D eigenvalue weighted by molar-refractivity contribution is 7.89. The normalized spacial score (nSPS) is 15.5. The fourth-order valence-corrected chi connectivity index (χ4v) is 6.90. The molecule has 0 unspecified atom stereocenters. The number of hydrogen-bond acceptors (Lipinski definition) is 6. The van der Waals surface area contributed by atoms with Gasteiger partial charge >= 0.3 is 0 Å². The highest BCUT2D eigenvalue weighted by Gasteiger charge is 2.35. The highest BCUT2D eigenvalue weighted by Crippen LogP contribution is 2.35. The predicted molar refractivity (Wildman–Crippen MR) is 150 cm³/mol. The van der Waals surface area contributed by atoms with Crippen LogP contribution in [0.15, 0.2) is 64.9 Å². The number of carbonyl (C=O) groups excluding carboxylic acids is 1. The van der Waals surface area contributed by atoms with Crippen molar-refractivity contribution in [3.05, 3.63) is 76.0 Å². The maximum absolute atomic E-state index is 13.8. The predicted octanol–water partition coefficient (Wildman–Crippen LogP) is 5.31. The van der Waals surface area contributed by atoms with Gasteiger partial charge in [-0.1, -0.05) is 43.7 Å². The van der Waals surface area contributed by atoms with Crippen LogP contribution in [0.1, 0.15) is 42.3 Å². The maximum atomic E-state index is 13.8. The molecule has 204 valence electrons. The number of nitrogens with zero attached hydrogens (tertiary/aromatic N) is 2. The van der Waals surface area contributed by atoms with Crippen molar-refractivity contribution in [2.24, 2.45) is 5.92 Å². The number of aryl methyl sites for hydroxylation is 1. The highest BCUT2D eigenvalue weighted by atomic mass is 32.2. The lowest BCUT2D eigenvalue weighted by atomic mass is 10.0. The molecular formula is C29H36N2O5S2. The van der Waals surface area contributed by atoms with E-state index in [0.29, 0.717) is 30.4 Å². The van der Waals surface area contributed by atoms with Gasteiger partial charge < -0.3 is 14.4 Å². The van der Waals surface area contributed by atoms with Crippen LogP contribution in [0.3, 0.4) is 0 Å². The summed E-state index contributed by atoms with van der Waals surface area (Å²) in [6, 6.07) is 15.9. The van der Waals surface area contributed by atoms with E-state index in [1.807, 2.05) is 56.5 Å². The van der Waals surface area contributed by atoms with Crippen LogP contribution in [0.4, 0.5) is 0 Å². The van der Waals surface area contributed by atoms with Crippen molar-refractivity contribution in [2.75, 3.05) is 33.4 Å². The summed E-state index contributed by atoms with van der Waals surface area (Å²) in [6.07, 6.45) is 1.40. The topological polar surface area (TPSA) is 76.2 Å². The van der Waals surface area contributed by atoms with Crippen molar-refractivity contribution in [1.29, 1.82) is 0 Å². The zero-order valence-electron chi connectivity index (χ0n) is 22.4. The van der Waals surface area contributed by atoms with E-state index in [4.69, 9.17) is 9.47 Å². The number of rotatable bonds is 11. The summed E-state index contributed by atoms with van der Waals surface area (Å²) < 4.78 is 40.1. The number of amides is 1. The van der Waals surface area contributed by atoms with Gasteiger partial charge in [-0.2, -0.15) is 4.31 Å². The van der Waals surface area contributed by atoms with Crippen LogP contribution in [0, 0.1) is 12.8 Å². The molecule has 0 radical (unpaired) electrons. The first-order valence-corrected chi connectivity index (χ1v) is 15.2. The second-order valence-corrected chi connectivity index (χ2v) is 12.9. The van der Waals surface area contributed by atoms with Gasteiger partial charge in [0.05, 0.1) is 24.6 Å². The van der Waals surface area contributed by atoms with Gasteiger partial charge in [-0.15, -0.1) is 11.3 Å². The molecule has 4 rings (SSSR count). The molecule has 0 fully saturated rings. The summed E-state index contributed by atoms with van der Waals surface area (Å²) in [4.78, 5) is 17.0. The van der Waals surface area contributed by atoms with Crippen LogP contribution < -0.4 is 9.47 Å². The Balaban J connectivity index is 1.58. The van der Waals surface area contributed by atoms with Gasteiger partial charge in [0.25, 0.3) is 0 Å². The minimum atomic E-state index is -3.84. The molecule has 1 aromatic heterocycles. The fourth-order valence-electron chi connectivity index (χ4n) is 4.57. The van der Waals surface area contributed by atoms with E-state index in [1.54, 1.807) is 47.6 Å². The first-order chi connectivity index (χ1) is 18.2. The Bertz CT molecular complexity index is 1340. The molecule has 1 aliphatic heterocycles. The van der Waals surface area contributed by atoms with Crippen LogP contribution in [-0.4, -0.2) is 56.9 Å². The van der Waals surface area contributed by atoms with Crippen molar-refractivity contribution < 1.29 is 22.7 Å². The number of carbonyl (C=O) groups is 1. The van der Waals surface area contributed by atoms with Gasteiger partial charge in [0.15, 0.2) is 11.5 Å². The number of thiophene rings is 1. The largest absolute Gasteiger partial charge is 0.493 e. The van der Waals surface area contributed by atoms with Gasteiger partial charge in [0.1, 0.15) is 6.61 Å². The molecule has 3 aromatic rings. The monoisotopic (exact) mass is 556 g/mol. The average Bonchev–Trinajstić information content (AvgIpc) is 3.39. The number of fused-ring (bicyclic) bond motifs is 1. The Morgan fingerprint density at radius 2 is 1.82 bits per heavy atom. The molecular weight excluding hydrogens is 520 g/mol. The molecule has 0 saturated heterocycles. The summed E-state index contributed by atoms with van der Waals surface area (Å²) in [7, 11) is -2.25. The lowest BCUT2D eigenvalue weighted by Crippen LogP contribution is -2.48. The van der Waals surface area contributed by atoms with Crippen LogP contribution in [0.5, 0.6) is 11.5 Å². The second-order valence-electron chi connectivity index (χ2n) is 9.95. The summed E-state index contributed by atoms with van der Waals surface area (Å²) in [5, 5.41) is 2.03. The third-order valence-electron chi connectivity index (χ3n) is 6.81. The van der Waals surface area contributed by atoms with Gasteiger partial charge in [0, 0.05) is 18.0 Å². The molecule has 1 aliphatic rings. The number of sulfonamides is 1. The summed E-state index contributed by atoms with van der Waals surface area (Å²) in [6.45, 7) is 6.83. The van der Waals surface area contributed by atoms with Gasteiger partial charge in [0.2, 0.25) is 15.9 Å². The van der Waals surface area contributed by atoms with Crippen LogP contribution >= 0.6 is 11.3 Å². The Kier molecular flexibility index (Phi) is 9.12. The number of methoxy groups -OCH3 is 1. The van der Waals surface area contributed by atoms with Crippen molar-refractivity contribution >= 4 is 27.3 Å². The zero-order chi connectivity index (χ0) is 27.3. The van der Waals surface area contributed by atoms with E-state index in [9.17, 15) is 13.2 Å². The van der Waals surface area contributed by atoms with E-state index in [0.717, 1.165) is 17.5 Å². The minimum Gasteiger partial charge on any atom is -0.493 e. The summed E-state index contributed by atoms with van der Waals surface area (Å²) in [5.41, 5.74) is 2.03. The second kappa shape index (κ2) is 12.3. The molecule has 1 amide bonds. The molecule has 2 aromatic carbocycles. The van der Waals surface area contributed by atoms with Crippen LogP contribution in [0.2, 0.25) is 0 Å². The molecule has 9 heteroatoms. The minimum absolute atomic E-state index is 0.203. The molecule has 0 saturated carbocycles. The van der Waals surface area contributed by atoms with E-state index in [2.05, 4.69) is 0 Å². The lowest BCUT2D eigenvalue weighted by Gasteiger charge is -2.37. The quantitative estimate of drug-likeness (QED) is 0.320. The van der Waals surface area contributed by atoms with Gasteiger partial charge in [-0.3, -0.25) is 4.79 Å². The Morgan fingerprint density at radius 1 is 1.11 bits per heavy atom. The van der Waals surface area contributed by atoms with Crippen molar-refractivity contribution in [3.63, 3.8) is 0 Å². The summed E-state index contributed by atoms with van der Waals surface area (Å²) in [5.74, 6) is 1.29. The Labute approximate surface area is 230 Å². The molecule has 0 bridgehead atoms. The standard InChI is InChI=1S/C29H36N2O5S2/c1-21(2)13-16-30(38(33,34)23-11-9-22(3)10-12-23)19-29(32)31-17-14-28-24(15-18-37-28)25(31)20-36-27-8-6-5-7-26(27)35-4/h5-12,15,18,21,25H,13-14,16-17,19-20H2,1-4H3/t25-/m1/s1. The number of ether oxygens (including phenoxy) is 2. The third-order valence-corrected chi connectivity index (χ3v) is 9.66. The molecule has 0 aliphatic carbocycles. The smallest absolute Gasteiger partial charge is 0.243 e. The van der Waals surface area contributed by atoms with Crippen molar-refractivity contribution in [1.82, 2.24) is 9.21 Å². The maximum Gasteiger partial charge on any atom is 0.243 e. The number of hydrogen-bond donors (Lipinski definition) is 0. The summed E-state index contributed by atoms with van der Waals surface area (Å²) >= 11 is 1.68. The number of benzene rings is 2. The number of para-hydroxylation sites is 2. The van der Waals surface area contributed by atoms with E-state index < -0.39 is 10.0 Å². The molecule has 38 heavy (non-hydrogen) atoms. The third kappa shape index (κ3) is 6.39. The fraction of sp³-hybridized carbons (Fsp3) is 0.414. The van der Waals surface area contributed by atoms with Gasteiger partial charge in [-0.05, 0) is 67.0 Å². The lowest BCUT2D eigenvalue weighted by molar-refractivity contribution is -0.135. The molecule has 0 N–H and O–H groups in total. The van der Waals surface area contributed by atoms with Crippen LogP contribution in [-0.2, 0) is 21.2 Å². The molecule has 2 heterocycles. The van der Waals surface area contributed by atoms with E-state index in [1.165, 1.54) is 9.18 Å². The Morgan fingerprint density at radius 3 is 2.50 bits per heavy atom. The Hall–Kier alpha value is -2.88.